The molecular weight excluding hydrogens is 336 g/mol. The van der Waals surface area contributed by atoms with Gasteiger partial charge in [-0.15, -0.1) is 0 Å². The summed E-state index contributed by atoms with van der Waals surface area (Å²) in [7, 11) is 0. The van der Waals surface area contributed by atoms with Crippen LogP contribution in [0.3, 0.4) is 0 Å². The smallest absolute Gasteiger partial charge is 0.340 e. The summed E-state index contributed by atoms with van der Waals surface area (Å²) in [6.45, 7) is 3.61. The van der Waals surface area contributed by atoms with Crippen LogP contribution in [0, 0.1) is 0 Å². The normalized spacial score (nSPS) is 10.8. The maximum Gasteiger partial charge on any atom is 0.340 e. The Balaban J connectivity index is 2.46. The summed E-state index contributed by atoms with van der Waals surface area (Å²) in [6.07, 6.45) is 0. The number of carbonyl (C=O) groups excluding carboxylic acids is 2. The molecule has 0 saturated heterocycles. The second kappa shape index (κ2) is 6.87. The highest BCUT2D eigenvalue weighted by atomic mass is 16.5. The molecule has 1 heterocycles. The number of fused-ring (bicyclic) bond motifs is 2. The first kappa shape index (κ1) is 17.5. The van der Waals surface area contributed by atoms with Crippen LogP contribution in [0.2, 0.25) is 0 Å². The summed E-state index contributed by atoms with van der Waals surface area (Å²) < 4.78 is 10.1. The fourth-order valence-corrected chi connectivity index (χ4v) is 2.87. The zero-order valence-corrected chi connectivity index (χ0v) is 14.4. The SMILES string of the molecule is CCOC(=O)c1cc(C(=O)OCC)c2[nH]c3ccccc3c(=O)c2c1N. The highest BCUT2D eigenvalue weighted by Crippen LogP contribution is 2.28. The number of para-hydroxylation sites is 1. The zero-order valence-electron chi connectivity index (χ0n) is 14.4. The van der Waals surface area contributed by atoms with Crippen LogP contribution in [0.4, 0.5) is 5.69 Å². The minimum Gasteiger partial charge on any atom is -0.462 e. The van der Waals surface area contributed by atoms with Gasteiger partial charge in [0.2, 0.25) is 0 Å². The predicted octanol–water partition coefficient (Wildman–Crippen LogP) is 2.62. The molecule has 1 aromatic heterocycles. The van der Waals surface area contributed by atoms with Gasteiger partial charge in [0, 0.05) is 10.9 Å². The third-order valence-corrected chi connectivity index (χ3v) is 4.02. The average Bonchev–Trinajstić information content (AvgIpc) is 2.62. The van der Waals surface area contributed by atoms with Crippen LogP contribution in [-0.4, -0.2) is 30.1 Å². The number of hydrogen-bond acceptors (Lipinski definition) is 6. The average molecular weight is 354 g/mol. The van der Waals surface area contributed by atoms with Crippen LogP contribution in [-0.2, 0) is 9.47 Å². The van der Waals surface area contributed by atoms with E-state index in [0.29, 0.717) is 10.9 Å². The van der Waals surface area contributed by atoms with E-state index in [9.17, 15) is 14.4 Å². The van der Waals surface area contributed by atoms with Crippen molar-refractivity contribution in [1.29, 1.82) is 0 Å². The molecule has 0 amide bonds. The quantitative estimate of drug-likeness (QED) is 0.423. The Morgan fingerprint density at radius 3 is 2.31 bits per heavy atom. The van der Waals surface area contributed by atoms with E-state index in [-0.39, 0.29) is 46.4 Å². The van der Waals surface area contributed by atoms with E-state index < -0.39 is 11.9 Å². The van der Waals surface area contributed by atoms with E-state index in [4.69, 9.17) is 15.2 Å². The van der Waals surface area contributed by atoms with Crippen LogP contribution in [0.5, 0.6) is 0 Å². The Labute approximate surface area is 148 Å². The van der Waals surface area contributed by atoms with Crippen molar-refractivity contribution in [3.8, 4) is 0 Å². The number of pyridine rings is 1. The molecule has 0 unspecified atom stereocenters. The fourth-order valence-electron chi connectivity index (χ4n) is 2.87. The second-order valence-electron chi connectivity index (χ2n) is 5.58. The van der Waals surface area contributed by atoms with E-state index in [1.54, 1.807) is 38.1 Å². The van der Waals surface area contributed by atoms with Crippen molar-refractivity contribution >= 4 is 39.4 Å². The monoisotopic (exact) mass is 354 g/mol. The number of aromatic amines is 1. The number of nitrogens with two attached hydrogens (primary N) is 1. The molecule has 0 atom stereocenters. The first-order valence-corrected chi connectivity index (χ1v) is 8.21. The molecule has 0 aliphatic heterocycles. The van der Waals surface area contributed by atoms with Crippen molar-refractivity contribution in [2.45, 2.75) is 13.8 Å². The Morgan fingerprint density at radius 2 is 1.65 bits per heavy atom. The third-order valence-electron chi connectivity index (χ3n) is 4.02. The summed E-state index contributed by atoms with van der Waals surface area (Å²) in [5.74, 6) is -1.36. The molecule has 0 radical (unpaired) electrons. The number of nitrogens with one attached hydrogen (secondary N) is 1. The van der Waals surface area contributed by atoms with Gasteiger partial charge >= 0.3 is 11.9 Å². The lowest BCUT2D eigenvalue weighted by Gasteiger charge is -2.13. The number of rotatable bonds is 4. The van der Waals surface area contributed by atoms with Gasteiger partial charge < -0.3 is 20.2 Å². The maximum absolute atomic E-state index is 13.0. The number of hydrogen-bond donors (Lipinski definition) is 2. The Bertz CT molecular complexity index is 1080. The topological polar surface area (TPSA) is 111 Å². The Morgan fingerprint density at radius 1 is 1.04 bits per heavy atom. The molecule has 134 valence electrons. The first-order valence-electron chi connectivity index (χ1n) is 8.21. The second-order valence-corrected chi connectivity index (χ2v) is 5.58. The predicted molar refractivity (Wildman–Crippen MR) is 98.4 cm³/mol. The molecule has 0 saturated carbocycles. The number of anilines is 1. The van der Waals surface area contributed by atoms with Gasteiger partial charge in [0.25, 0.3) is 0 Å². The van der Waals surface area contributed by atoms with Gasteiger partial charge in [-0.2, -0.15) is 0 Å². The molecule has 7 heteroatoms. The fraction of sp³-hybridized carbons (Fsp3) is 0.211. The number of ether oxygens (including phenoxy) is 2. The van der Waals surface area contributed by atoms with E-state index >= 15 is 0 Å². The van der Waals surface area contributed by atoms with Crippen LogP contribution in [0.1, 0.15) is 34.6 Å². The maximum atomic E-state index is 13.0. The molecule has 0 fully saturated rings. The Kier molecular flexibility index (Phi) is 4.62. The summed E-state index contributed by atoms with van der Waals surface area (Å²) in [6, 6.07) is 8.17. The number of carbonyl (C=O) groups is 2. The summed E-state index contributed by atoms with van der Waals surface area (Å²) in [4.78, 5) is 40.7. The van der Waals surface area contributed by atoms with Crippen molar-refractivity contribution in [1.82, 2.24) is 4.98 Å². The lowest BCUT2D eigenvalue weighted by Crippen LogP contribution is -2.17. The van der Waals surface area contributed by atoms with Crippen molar-refractivity contribution in [3.05, 3.63) is 51.7 Å². The molecule has 3 N–H and O–H groups in total. The first-order chi connectivity index (χ1) is 12.5. The minimum absolute atomic E-state index is 0.0292. The lowest BCUT2D eigenvalue weighted by atomic mass is 10.00. The molecule has 2 aromatic carbocycles. The number of nitrogen functional groups attached to an aromatic ring is 1. The number of aromatic nitrogens is 1. The standard InChI is InChI=1S/C19H18N2O5/c1-3-25-18(23)11-9-12(19(24)26-4-2)16-14(15(11)20)17(22)10-7-5-6-8-13(10)21-16/h5-9H,3-4,20H2,1-2H3,(H,21,22). The largest absolute Gasteiger partial charge is 0.462 e. The van der Waals surface area contributed by atoms with Gasteiger partial charge in [-0.3, -0.25) is 4.79 Å². The van der Waals surface area contributed by atoms with Gasteiger partial charge in [0.1, 0.15) is 0 Å². The molecule has 0 spiro atoms. The lowest BCUT2D eigenvalue weighted by molar-refractivity contribution is 0.0527. The van der Waals surface area contributed by atoms with Crippen molar-refractivity contribution in [3.63, 3.8) is 0 Å². The van der Waals surface area contributed by atoms with E-state index in [2.05, 4.69) is 4.98 Å². The Hall–Kier alpha value is -3.35. The molecule has 26 heavy (non-hydrogen) atoms. The molecule has 0 aliphatic carbocycles. The van der Waals surface area contributed by atoms with E-state index in [1.165, 1.54) is 6.07 Å². The summed E-state index contributed by atoms with van der Waals surface area (Å²) >= 11 is 0. The third kappa shape index (κ3) is 2.77. The van der Waals surface area contributed by atoms with Crippen molar-refractivity contribution < 1.29 is 19.1 Å². The number of H-pyrrole nitrogens is 1. The number of benzene rings is 2. The number of esters is 2. The van der Waals surface area contributed by atoms with Gasteiger partial charge in [0.15, 0.2) is 5.43 Å². The van der Waals surface area contributed by atoms with Crippen LogP contribution < -0.4 is 11.2 Å². The summed E-state index contributed by atoms with van der Waals surface area (Å²) in [5.41, 5.74) is 6.52. The van der Waals surface area contributed by atoms with Gasteiger partial charge in [-0.25, -0.2) is 9.59 Å². The molecular formula is C19H18N2O5. The molecule has 0 bridgehead atoms. The van der Waals surface area contributed by atoms with Crippen LogP contribution >= 0.6 is 0 Å². The molecule has 0 aliphatic rings. The summed E-state index contributed by atoms with van der Waals surface area (Å²) in [5, 5.41) is 0.472. The van der Waals surface area contributed by atoms with Crippen LogP contribution in [0.15, 0.2) is 35.1 Å². The molecule has 3 rings (SSSR count). The van der Waals surface area contributed by atoms with Crippen LogP contribution in [0.25, 0.3) is 21.8 Å². The van der Waals surface area contributed by atoms with Gasteiger partial charge in [-0.05, 0) is 32.0 Å². The van der Waals surface area contributed by atoms with Gasteiger partial charge in [0.05, 0.1) is 40.9 Å². The highest BCUT2D eigenvalue weighted by molar-refractivity contribution is 6.14. The highest BCUT2D eigenvalue weighted by Gasteiger charge is 2.23. The van der Waals surface area contributed by atoms with E-state index in [1.807, 2.05) is 0 Å². The van der Waals surface area contributed by atoms with E-state index in [0.717, 1.165) is 0 Å². The molecule has 3 aromatic rings. The van der Waals surface area contributed by atoms with Crippen molar-refractivity contribution in [2.75, 3.05) is 18.9 Å². The zero-order chi connectivity index (χ0) is 18.8. The van der Waals surface area contributed by atoms with Crippen molar-refractivity contribution in [2.24, 2.45) is 0 Å². The minimum atomic E-state index is -0.704. The van der Waals surface area contributed by atoms with Gasteiger partial charge in [-0.1, -0.05) is 12.1 Å². The molecule has 7 nitrogen and oxygen atoms in total.